The molecule has 2 aromatic rings. The smallest absolute Gasteiger partial charge is 0.224 e. The third kappa shape index (κ3) is 2.68. The third-order valence-electron chi connectivity index (χ3n) is 3.03. The highest BCUT2D eigenvalue weighted by Gasteiger charge is 2.27. The van der Waals surface area contributed by atoms with Crippen molar-refractivity contribution < 1.29 is 13.5 Å². The van der Waals surface area contributed by atoms with E-state index in [-0.39, 0.29) is 5.75 Å². The molecule has 1 aliphatic carbocycles. The molecule has 104 valence electrons. The molecular formula is C14H13F2N3O. The summed E-state index contributed by atoms with van der Waals surface area (Å²) in [6.45, 7) is 0. The lowest BCUT2D eigenvalue weighted by molar-refractivity contribution is 0.445. The highest BCUT2D eigenvalue weighted by molar-refractivity contribution is 5.40. The van der Waals surface area contributed by atoms with Crippen molar-refractivity contribution in [2.24, 2.45) is 0 Å². The van der Waals surface area contributed by atoms with E-state index in [9.17, 15) is 8.78 Å². The first-order valence-electron chi connectivity index (χ1n) is 6.35. The Kier molecular flexibility index (Phi) is 3.22. The highest BCUT2D eigenvalue weighted by atomic mass is 19.2. The van der Waals surface area contributed by atoms with Crippen molar-refractivity contribution in [3.05, 3.63) is 41.7 Å². The van der Waals surface area contributed by atoms with Crippen LogP contribution in [0.3, 0.4) is 0 Å². The number of aromatic nitrogens is 2. The summed E-state index contributed by atoms with van der Waals surface area (Å²) in [6, 6.07) is 4.99. The van der Waals surface area contributed by atoms with E-state index in [4.69, 9.17) is 4.74 Å². The lowest BCUT2D eigenvalue weighted by Gasteiger charge is -2.09. The van der Waals surface area contributed by atoms with Crippen LogP contribution in [0.1, 0.15) is 24.6 Å². The minimum absolute atomic E-state index is 0.200. The maximum Gasteiger partial charge on any atom is 0.224 e. The van der Waals surface area contributed by atoms with E-state index in [0.29, 0.717) is 17.6 Å². The average Bonchev–Trinajstić information content (AvgIpc) is 3.27. The van der Waals surface area contributed by atoms with Gasteiger partial charge in [-0.15, -0.1) is 0 Å². The fourth-order valence-corrected chi connectivity index (χ4v) is 1.81. The van der Waals surface area contributed by atoms with E-state index in [0.717, 1.165) is 30.8 Å². The Hall–Kier alpha value is -2.24. The molecule has 0 atom stereocenters. The summed E-state index contributed by atoms with van der Waals surface area (Å²) >= 11 is 0. The Balaban J connectivity index is 1.88. The quantitative estimate of drug-likeness (QED) is 0.929. The van der Waals surface area contributed by atoms with Crippen molar-refractivity contribution in [3.63, 3.8) is 0 Å². The van der Waals surface area contributed by atoms with Crippen LogP contribution in [-0.4, -0.2) is 17.0 Å². The van der Waals surface area contributed by atoms with Gasteiger partial charge in [-0.3, -0.25) is 0 Å². The summed E-state index contributed by atoms with van der Waals surface area (Å²) in [7, 11) is 1.75. The van der Waals surface area contributed by atoms with E-state index < -0.39 is 11.6 Å². The molecular weight excluding hydrogens is 264 g/mol. The zero-order valence-electron chi connectivity index (χ0n) is 10.9. The molecule has 4 nitrogen and oxygen atoms in total. The van der Waals surface area contributed by atoms with Gasteiger partial charge in [0.1, 0.15) is 17.4 Å². The van der Waals surface area contributed by atoms with E-state index in [2.05, 4.69) is 15.3 Å². The van der Waals surface area contributed by atoms with Gasteiger partial charge in [0.25, 0.3) is 0 Å². The Morgan fingerprint density at radius 2 is 1.95 bits per heavy atom. The van der Waals surface area contributed by atoms with Crippen molar-refractivity contribution in [1.82, 2.24) is 9.97 Å². The maximum atomic E-state index is 13.1. The third-order valence-corrected chi connectivity index (χ3v) is 3.03. The molecule has 1 aliphatic rings. The molecule has 1 fully saturated rings. The van der Waals surface area contributed by atoms with Crippen molar-refractivity contribution in [3.8, 4) is 11.6 Å². The Morgan fingerprint density at radius 1 is 1.15 bits per heavy atom. The summed E-state index contributed by atoms with van der Waals surface area (Å²) in [5.74, 6) is 0.385. The lowest BCUT2D eigenvalue weighted by Crippen LogP contribution is -2.01. The van der Waals surface area contributed by atoms with Crippen LogP contribution >= 0.6 is 0 Å². The van der Waals surface area contributed by atoms with Crippen LogP contribution in [0.5, 0.6) is 11.6 Å². The summed E-state index contributed by atoms with van der Waals surface area (Å²) in [4.78, 5) is 8.65. The van der Waals surface area contributed by atoms with Crippen molar-refractivity contribution in [2.45, 2.75) is 18.8 Å². The number of nitrogens with zero attached hydrogens (tertiary/aromatic N) is 2. The predicted molar refractivity (Wildman–Crippen MR) is 70.0 cm³/mol. The van der Waals surface area contributed by atoms with Crippen LogP contribution in [0.4, 0.5) is 14.6 Å². The first-order valence-corrected chi connectivity index (χ1v) is 6.35. The van der Waals surface area contributed by atoms with E-state index in [1.807, 2.05) is 0 Å². The molecule has 0 amide bonds. The first kappa shape index (κ1) is 12.8. The lowest BCUT2D eigenvalue weighted by atomic mass is 10.3. The predicted octanol–water partition coefficient (Wildman–Crippen LogP) is 3.47. The molecule has 0 saturated heterocycles. The van der Waals surface area contributed by atoms with Crippen LogP contribution < -0.4 is 10.1 Å². The average molecular weight is 277 g/mol. The normalized spacial score (nSPS) is 14.2. The van der Waals surface area contributed by atoms with Crippen LogP contribution in [0, 0.1) is 11.6 Å². The molecule has 1 saturated carbocycles. The number of hydrogen-bond acceptors (Lipinski definition) is 4. The summed E-state index contributed by atoms with van der Waals surface area (Å²) in [6.07, 6.45) is 2.13. The SMILES string of the molecule is CNc1cc(Oc2ccc(F)c(F)c2)nc(C2CC2)n1. The van der Waals surface area contributed by atoms with Gasteiger partial charge in [-0.05, 0) is 25.0 Å². The van der Waals surface area contributed by atoms with Gasteiger partial charge in [-0.1, -0.05) is 0 Å². The molecule has 0 unspecified atom stereocenters. The number of anilines is 1. The zero-order valence-corrected chi connectivity index (χ0v) is 10.9. The van der Waals surface area contributed by atoms with Gasteiger partial charge in [0.15, 0.2) is 11.6 Å². The Morgan fingerprint density at radius 3 is 2.60 bits per heavy atom. The Bertz CT molecular complexity index is 644. The molecule has 1 aromatic heterocycles. The van der Waals surface area contributed by atoms with Crippen molar-refractivity contribution in [1.29, 1.82) is 0 Å². The first-order chi connectivity index (χ1) is 9.65. The van der Waals surface area contributed by atoms with Crippen molar-refractivity contribution in [2.75, 3.05) is 12.4 Å². The van der Waals surface area contributed by atoms with Gasteiger partial charge in [0, 0.05) is 25.1 Å². The molecule has 0 radical (unpaired) electrons. The minimum atomic E-state index is -0.951. The maximum absolute atomic E-state index is 13.1. The minimum Gasteiger partial charge on any atom is -0.439 e. The monoisotopic (exact) mass is 277 g/mol. The fraction of sp³-hybridized carbons (Fsp3) is 0.286. The van der Waals surface area contributed by atoms with Gasteiger partial charge in [-0.25, -0.2) is 13.8 Å². The van der Waals surface area contributed by atoms with Crippen LogP contribution in [0.15, 0.2) is 24.3 Å². The van der Waals surface area contributed by atoms with Gasteiger partial charge >= 0.3 is 0 Å². The number of ether oxygens (including phenoxy) is 1. The van der Waals surface area contributed by atoms with Crippen LogP contribution in [0.2, 0.25) is 0 Å². The number of benzene rings is 1. The van der Waals surface area contributed by atoms with Gasteiger partial charge in [0.05, 0.1) is 0 Å². The van der Waals surface area contributed by atoms with Gasteiger partial charge in [-0.2, -0.15) is 4.98 Å². The molecule has 1 heterocycles. The molecule has 1 aromatic carbocycles. The number of hydrogen-bond donors (Lipinski definition) is 1. The fourth-order valence-electron chi connectivity index (χ4n) is 1.81. The zero-order chi connectivity index (χ0) is 14.1. The standard InChI is InChI=1S/C14H13F2N3O/c1-17-12-7-13(19-14(18-12)8-2-3-8)20-9-4-5-10(15)11(16)6-9/h4-8H,2-3H2,1H3,(H,17,18,19). The van der Waals surface area contributed by atoms with Crippen LogP contribution in [0.25, 0.3) is 0 Å². The second-order valence-corrected chi connectivity index (χ2v) is 4.65. The molecule has 0 bridgehead atoms. The number of nitrogens with one attached hydrogen (secondary N) is 1. The molecule has 0 spiro atoms. The van der Waals surface area contributed by atoms with E-state index in [1.165, 1.54) is 6.07 Å². The van der Waals surface area contributed by atoms with Crippen LogP contribution in [-0.2, 0) is 0 Å². The molecule has 1 N–H and O–H groups in total. The molecule has 20 heavy (non-hydrogen) atoms. The second-order valence-electron chi connectivity index (χ2n) is 4.65. The highest BCUT2D eigenvalue weighted by Crippen LogP contribution is 2.39. The Labute approximate surface area is 114 Å². The van der Waals surface area contributed by atoms with Crippen molar-refractivity contribution >= 4 is 5.82 Å². The van der Waals surface area contributed by atoms with Gasteiger partial charge < -0.3 is 10.1 Å². The number of rotatable bonds is 4. The molecule has 6 heteroatoms. The largest absolute Gasteiger partial charge is 0.439 e. The topological polar surface area (TPSA) is 47.0 Å². The van der Waals surface area contributed by atoms with E-state index >= 15 is 0 Å². The molecule has 0 aliphatic heterocycles. The van der Waals surface area contributed by atoms with Gasteiger partial charge in [0.2, 0.25) is 5.88 Å². The number of halogens is 2. The second kappa shape index (κ2) is 5.03. The van der Waals surface area contributed by atoms with E-state index in [1.54, 1.807) is 13.1 Å². The summed E-state index contributed by atoms with van der Waals surface area (Å²) < 4.78 is 31.5. The summed E-state index contributed by atoms with van der Waals surface area (Å²) in [5.41, 5.74) is 0. The molecule has 3 rings (SSSR count). The summed E-state index contributed by atoms with van der Waals surface area (Å²) in [5, 5.41) is 2.93.